The van der Waals surface area contributed by atoms with Crippen LogP contribution in [0.4, 0.5) is 5.69 Å². The van der Waals surface area contributed by atoms with Crippen molar-refractivity contribution in [2.75, 3.05) is 14.2 Å². The number of nitro benzene ring substituents is 1. The number of para-hydroxylation sites is 1. The highest BCUT2D eigenvalue weighted by Crippen LogP contribution is 2.31. The molecule has 0 fully saturated rings. The van der Waals surface area contributed by atoms with Crippen LogP contribution in [0.25, 0.3) is 0 Å². The normalized spacial score (nSPS) is 10.5. The van der Waals surface area contributed by atoms with E-state index in [2.05, 4.69) is 26.5 Å². The fourth-order valence-corrected chi connectivity index (χ4v) is 2.55. The third-order valence-corrected chi connectivity index (χ3v) is 3.84. The molecular formula is C16H14BrN3O5. The van der Waals surface area contributed by atoms with E-state index in [0.29, 0.717) is 21.5 Å². The Morgan fingerprint density at radius 2 is 1.92 bits per heavy atom. The smallest absolute Gasteiger partial charge is 0.282 e. The maximum atomic E-state index is 12.1. The van der Waals surface area contributed by atoms with Gasteiger partial charge in [-0.25, -0.2) is 5.43 Å². The lowest BCUT2D eigenvalue weighted by atomic mass is 10.2. The van der Waals surface area contributed by atoms with Crippen molar-refractivity contribution in [2.24, 2.45) is 5.10 Å². The Kier molecular flexibility index (Phi) is 6.07. The molecule has 0 bridgehead atoms. The number of hydrazone groups is 1. The van der Waals surface area contributed by atoms with Crippen LogP contribution in [0.15, 0.2) is 46.0 Å². The first-order valence-electron chi connectivity index (χ1n) is 6.96. The number of methoxy groups -OCH3 is 2. The first-order chi connectivity index (χ1) is 12.0. The molecule has 0 aromatic heterocycles. The lowest BCUT2D eigenvalue weighted by Crippen LogP contribution is -2.19. The summed E-state index contributed by atoms with van der Waals surface area (Å²) in [6.07, 6.45) is 1.37. The van der Waals surface area contributed by atoms with E-state index in [9.17, 15) is 14.9 Å². The number of ether oxygens (including phenoxy) is 2. The van der Waals surface area contributed by atoms with Crippen LogP contribution in [-0.4, -0.2) is 31.3 Å². The van der Waals surface area contributed by atoms with Gasteiger partial charge in [0.25, 0.3) is 11.6 Å². The van der Waals surface area contributed by atoms with Gasteiger partial charge in [0.05, 0.1) is 29.8 Å². The molecule has 0 saturated carbocycles. The van der Waals surface area contributed by atoms with Gasteiger partial charge in [0.15, 0.2) is 0 Å². The molecule has 1 amide bonds. The molecule has 2 aromatic rings. The Balaban J connectivity index is 2.20. The summed E-state index contributed by atoms with van der Waals surface area (Å²) >= 11 is 3.35. The minimum atomic E-state index is -0.685. The predicted octanol–water partition coefficient (Wildman–Crippen LogP) is 3.14. The van der Waals surface area contributed by atoms with E-state index in [-0.39, 0.29) is 11.3 Å². The van der Waals surface area contributed by atoms with Gasteiger partial charge < -0.3 is 9.47 Å². The average Bonchev–Trinajstić information content (AvgIpc) is 2.61. The van der Waals surface area contributed by atoms with Crippen molar-refractivity contribution in [1.82, 2.24) is 5.43 Å². The van der Waals surface area contributed by atoms with Crippen LogP contribution in [0.3, 0.4) is 0 Å². The molecule has 0 atom stereocenters. The van der Waals surface area contributed by atoms with Crippen LogP contribution in [0.2, 0.25) is 0 Å². The lowest BCUT2D eigenvalue weighted by Gasteiger charge is -2.09. The van der Waals surface area contributed by atoms with E-state index in [1.807, 2.05) is 0 Å². The fourth-order valence-electron chi connectivity index (χ4n) is 2.03. The van der Waals surface area contributed by atoms with E-state index < -0.39 is 10.8 Å². The second-order valence-corrected chi connectivity index (χ2v) is 5.56. The summed E-state index contributed by atoms with van der Waals surface area (Å²) in [4.78, 5) is 22.4. The number of carbonyl (C=O) groups is 1. The zero-order valence-corrected chi connectivity index (χ0v) is 14.9. The summed E-state index contributed by atoms with van der Waals surface area (Å²) in [5.74, 6) is 0.386. The SMILES string of the molecule is COc1cc(OC)c(C=NNC(=O)c2ccccc2[N+](=O)[O-])cc1Br. The minimum Gasteiger partial charge on any atom is -0.496 e. The van der Waals surface area contributed by atoms with Crippen molar-refractivity contribution in [3.63, 3.8) is 0 Å². The molecule has 0 unspecified atom stereocenters. The number of benzene rings is 2. The lowest BCUT2D eigenvalue weighted by molar-refractivity contribution is -0.385. The second-order valence-electron chi connectivity index (χ2n) is 4.70. The van der Waals surface area contributed by atoms with Gasteiger partial charge in [-0.05, 0) is 28.1 Å². The summed E-state index contributed by atoms with van der Waals surface area (Å²) in [5.41, 5.74) is 2.48. The molecule has 2 rings (SSSR count). The van der Waals surface area contributed by atoms with Crippen molar-refractivity contribution < 1.29 is 19.2 Å². The number of nitrogens with zero attached hydrogens (tertiary/aromatic N) is 2. The topological polar surface area (TPSA) is 103 Å². The van der Waals surface area contributed by atoms with Gasteiger partial charge in [-0.15, -0.1) is 0 Å². The third kappa shape index (κ3) is 4.32. The number of carbonyl (C=O) groups excluding carboxylic acids is 1. The Hall–Kier alpha value is -2.94. The molecule has 2 aromatic carbocycles. The van der Waals surface area contributed by atoms with Gasteiger partial charge in [-0.3, -0.25) is 14.9 Å². The molecular weight excluding hydrogens is 394 g/mol. The highest BCUT2D eigenvalue weighted by molar-refractivity contribution is 9.10. The maximum Gasteiger partial charge on any atom is 0.282 e. The summed E-state index contributed by atoms with van der Waals surface area (Å²) in [5, 5.41) is 14.8. The zero-order valence-electron chi connectivity index (χ0n) is 13.4. The molecule has 9 heteroatoms. The van der Waals surface area contributed by atoms with Crippen molar-refractivity contribution in [1.29, 1.82) is 0 Å². The number of nitrogens with one attached hydrogen (secondary N) is 1. The maximum absolute atomic E-state index is 12.1. The number of hydrogen-bond acceptors (Lipinski definition) is 6. The van der Waals surface area contributed by atoms with Crippen LogP contribution < -0.4 is 14.9 Å². The Morgan fingerprint density at radius 3 is 2.56 bits per heavy atom. The van der Waals surface area contributed by atoms with Gasteiger partial charge in [0, 0.05) is 17.7 Å². The number of hydrogen-bond donors (Lipinski definition) is 1. The molecule has 8 nitrogen and oxygen atoms in total. The van der Waals surface area contributed by atoms with Crippen LogP contribution in [0.1, 0.15) is 15.9 Å². The van der Waals surface area contributed by atoms with Gasteiger partial charge in [-0.2, -0.15) is 5.10 Å². The Morgan fingerprint density at radius 1 is 1.24 bits per heavy atom. The first kappa shape index (κ1) is 18.4. The Bertz CT molecular complexity index is 839. The molecule has 0 radical (unpaired) electrons. The molecule has 0 aliphatic rings. The van der Waals surface area contributed by atoms with Gasteiger partial charge in [0.1, 0.15) is 17.1 Å². The summed E-state index contributed by atoms with van der Waals surface area (Å²) < 4.78 is 11.1. The number of rotatable bonds is 6. The van der Waals surface area contributed by atoms with Crippen LogP contribution >= 0.6 is 15.9 Å². The number of nitro groups is 1. The fraction of sp³-hybridized carbons (Fsp3) is 0.125. The second kappa shape index (κ2) is 8.25. The number of halogens is 1. The van der Waals surface area contributed by atoms with Gasteiger partial charge in [0.2, 0.25) is 0 Å². The summed E-state index contributed by atoms with van der Waals surface area (Å²) in [6.45, 7) is 0. The molecule has 0 saturated heterocycles. The summed E-state index contributed by atoms with van der Waals surface area (Å²) in [7, 11) is 3.02. The number of amides is 1. The summed E-state index contributed by atoms with van der Waals surface area (Å²) in [6, 6.07) is 9.00. The van der Waals surface area contributed by atoms with Crippen LogP contribution in [-0.2, 0) is 0 Å². The molecule has 25 heavy (non-hydrogen) atoms. The largest absolute Gasteiger partial charge is 0.496 e. The molecule has 0 aliphatic carbocycles. The standard InChI is InChI=1S/C16H14BrN3O5/c1-24-14-8-15(25-2)12(17)7-10(14)9-18-19-16(21)11-5-3-4-6-13(11)20(22)23/h3-9H,1-2H3,(H,19,21). The third-order valence-electron chi connectivity index (χ3n) is 3.22. The van der Waals surface area contributed by atoms with E-state index in [1.54, 1.807) is 12.1 Å². The van der Waals surface area contributed by atoms with Crippen LogP contribution in [0.5, 0.6) is 11.5 Å². The quantitative estimate of drug-likeness (QED) is 0.450. The highest BCUT2D eigenvalue weighted by Gasteiger charge is 2.18. The van der Waals surface area contributed by atoms with E-state index >= 15 is 0 Å². The highest BCUT2D eigenvalue weighted by atomic mass is 79.9. The van der Waals surface area contributed by atoms with E-state index in [1.165, 1.54) is 44.7 Å². The van der Waals surface area contributed by atoms with Crippen LogP contribution in [0, 0.1) is 10.1 Å². The van der Waals surface area contributed by atoms with Crippen molar-refractivity contribution >= 4 is 33.7 Å². The molecule has 0 aliphatic heterocycles. The average molecular weight is 408 g/mol. The van der Waals surface area contributed by atoms with Gasteiger partial charge >= 0.3 is 0 Å². The monoisotopic (exact) mass is 407 g/mol. The molecule has 0 heterocycles. The molecule has 0 spiro atoms. The van der Waals surface area contributed by atoms with Crippen molar-refractivity contribution in [3.8, 4) is 11.5 Å². The van der Waals surface area contributed by atoms with E-state index in [4.69, 9.17) is 9.47 Å². The molecule has 1 N–H and O–H groups in total. The first-order valence-corrected chi connectivity index (χ1v) is 7.75. The van der Waals surface area contributed by atoms with Gasteiger partial charge in [-0.1, -0.05) is 12.1 Å². The molecule has 130 valence electrons. The van der Waals surface area contributed by atoms with Crippen molar-refractivity contribution in [3.05, 3.63) is 62.1 Å². The zero-order chi connectivity index (χ0) is 18.4. The van der Waals surface area contributed by atoms with E-state index in [0.717, 1.165) is 0 Å². The minimum absolute atomic E-state index is 0.0764. The van der Waals surface area contributed by atoms with Crippen molar-refractivity contribution in [2.45, 2.75) is 0 Å². The Labute approximate surface area is 151 Å². The predicted molar refractivity (Wildman–Crippen MR) is 95.4 cm³/mol.